The van der Waals surface area contributed by atoms with Gasteiger partial charge in [0.15, 0.2) is 9.84 Å². The van der Waals surface area contributed by atoms with E-state index in [9.17, 15) is 16.8 Å². The number of sulfone groups is 1. The topological polar surface area (TPSA) is 84.7 Å². The van der Waals surface area contributed by atoms with Crippen molar-refractivity contribution in [3.8, 4) is 0 Å². The summed E-state index contributed by atoms with van der Waals surface area (Å²) in [5.41, 5.74) is 0. The monoisotopic (exact) mass is 431 g/mol. The van der Waals surface area contributed by atoms with Crippen LogP contribution in [-0.4, -0.2) is 33.9 Å². The Hall–Kier alpha value is -1.35. The fourth-order valence-corrected chi connectivity index (χ4v) is 6.17. The first-order valence-corrected chi connectivity index (χ1v) is 12.5. The highest BCUT2D eigenvalue weighted by molar-refractivity contribution is 7.91. The lowest BCUT2D eigenvalue weighted by molar-refractivity contribution is 0.223. The van der Waals surface area contributed by atoms with Crippen molar-refractivity contribution in [3.05, 3.63) is 46.9 Å². The molecule has 27 heavy (non-hydrogen) atoms. The molecule has 1 fully saturated rings. The van der Waals surface area contributed by atoms with Crippen molar-refractivity contribution < 1.29 is 21.3 Å². The summed E-state index contributed by atoms with van der Waals surface area (Å²) in [6.45, 7) is 2.29. The van der Waals surface area contributed by atoms with Crippen LogP contribution in [0.2, 0.25) is 5.02 Å². The molecule has 6 nitrogen and oxygen atoms in total. The number of sulfonamides is 1. The summed E-state index contributed by atoms with van der Waals surface area (Å²) in [7, 11) is -7.55. The number of piperidine rings is 1. The van der Waals surface area contributed by atoms with Gasteiger partial charge in [-0.2, -0.15) is 4.31 Å². The van der Waals surface area contributed by atoms with Gasteiger partial charge in [-0.1, -0.05) is 24.9 Å². The molecule has 0 spiro atoms. The maximum Gasteiger partial charge on any atom is 0.245 e. The van der Waals surface area contributed by atoms with E-state index in [1.807, 2.05) is 19.1 Å². The van der Waals surface area contributed by atoms with E-state index in [-0.39, 0.29) is 14.8 Å². The lowest BCUT2D eigenvalue weighted by atomic mass is 10.0. The molecule has 2 aromatic rings. The molecule has 0 unspecified atom stereocenters. The van der Waals surface area contributed by atoms with Crippen LogP contribution in [0.3, 0.4) is 0 Å². The van der Waals surface area contributed by atoms with Crippen LogP contribution in [-0.2, 0) is 26.3 Å². The number of aryl methyl sites for hydroxylation is 1. The molecule has 1 aromatic carbocycles. The van der Waals surface area contributed by atoms with E-state index in [0.717, 1.165) is 37.3 Å². The van der Waals surface area contributed by atoms with Gasteiger partial charge in [-0.15, -0.1) is 0 Å². The van der Waals surface area contributed by atoms with Crippen molar-refractivity contribution in [3.63, 3.8) is 0 Å². The Morgan fingerprint density at radius 3 is 2.52 bits per heavy atom. The highest BCUT2D eigenvalue weighted by Gasteiger charge is 2.37. The highest BCUT2D eigenvalue weighted by Crippen LogP contribution is 2.38. The van der Waals surface area contributed by atoms with Crippen LogP contribution in [0.5, 0.6) is 0 Å². The van der Waals surface area contributed by atoms with Gasteiger partial charge in [-0.3, -0.25) is 0 Å². The SMILES string of the molecule is CCc1ccc([C@@H]2CCCCN2S(=O)(=O)c2cc(S(C)(=O)=O)ccc2Cl)o1. The molecule has 2 heterocycles. The predicted molar refractivity (Wildman–Crippen MR) is 103 cm³/mol. The number of hydrogen-bond acceptors (Lipinski definition) is 5. The third-order valence-electron chi connectivity index (χ3n) is 4.73. The molecule has 0 saturated carbocycles. The molecule has 9 heteroatoms. The van der Waals surface area contributed by atoms with Gasteiger partial charge in [-0.25, -0.2) is 16.8 Å². The van der Waals surface area contributed by atoms with Crippen molar-refractivity contribution in [1.29, 1.82) is 0 Å². The largest absolute Gasteiger partial charge is 0.464 e. The van der Waals surface area contributed by atoms with Gasteiger partial charge in [0.1, 0.15) is 16.4 Å². The minimum Gasteiger partial charge on any atom is -0.464 e. The molecular formula is C18H22ClNO5S2. The molecule has 3 rings (SSSR count). The lowest BCUT2D eigenvalue weighted by Gasteiger charge is -2.33. The number of hydrogen-bond donors (Lipinski definition) is 0. The van der Waals surface area contributed by atoms with Crippen molar-refractivity contribution in [2.45, 2.75) is 48.4 Å². The molecular weight excluding hydrogens is 410 g/mol. The van der Waals surface area contributed by atoms with E-state index < -0.39 is 25.9 Å². The summed E-state index contributed by atoms with van der Waals surface area (Å²) in [5, 5.41) is 0.000385. The molecule has 0 bridgehead atoms. The Labute approximate surface area is 165 Å². The molecule has 0 amide bonds. The number of rotatable bonds is 5. The fraction of sp³-hybridized carbons (Fsp3) is 0.444. The van der Waals surface area contributed by atoms with Crippen molar-refractivity contribution >= 4 is 31.5 Å². The first kappa shape index (κ1) is 20.4. The van der Waals surface area contributed by atoms with Crippen LogP contribution in [0.1, 0.15) is 43.7 Å². The molecule has 0 N–H and O–H groups in total. The number of halogens is 1. The molecule has 1 saturated heterocycles. The van der Waals surface area contributed by atoms with E-state index in [0.29, 0.717) is 18.7 Å². The van der Waals surface area contributed by atoms with Gasteiger partial charge >= 0.3 is 0 Å². The Balaban J connectivity index is 2.06. The molecule has 1 aromatic heterocycles. The Morgan fingerprint density at radius 2 is 1.89 bits per heavy atom. The molecule has 1 atom stereocenters. The van der Waals surface area contributed by atoms with Gasteiger partial charge in [0.2, 0.25) is 10.0 Å². The summed E-state index contributed by atoms with van der Waals surface area (Å²) in [5.74, 6) is 1.40. The molecule has 0 radical (unpaired) electrons. The Kier molecular flexibility index (Phi) is 5.72. The normalized spacial score (nSPS) is 19.3. The van der Waals surface area contributed by atoms with Crippen molar-refractivity contribution in [2.24, 2.45) is 0 Å². The zero-order valence-electron chi connectivity index (χ0n) is 15.2. The average Bonchev–Trinajstić information content (AvgIpc) is 3.10. The molecule has 0 aliphatic carbocycles. The van der Waals surface area contributed by atoms with E-state index >= 15 is 0 Å². The minimum atomic E-state index is -3.99. The van der Waals surface area contributed by atoms with Crippen molar-refractivity contribution in [2.75, 3.05) is 12.8 Å². The van der Waals surface area contributed by atoms with E-state index in [4.69, 9.17) is 16.0 Å². The summed E-state index contributed by atoms with van der Waals surface area (Å²) in [6.07, 6.45) is 4.00. The van der Waals surface area contributed by atoms with Crippen LogP contribution >= 0.6 is 11.6 Å². The quantitative estimate of drug-likeness (QED) is 0.718. The standard InChI is InChI=1S/C18H22ClNO5S2/c1-3-13-7-10-17(25-13)16-6-4-5-11-20(16)27(23,24)18-12-14(26(2,21)22)8-9-15(18)19/h7-10,12,16H,3-6,11H2,1-2H3/t16-/m0/s1. The maximum absolute atomic E-state index is 13.4. The van der Waals surface area contributed by atoms with E-state index in [1.165, 1.54) is 16.4 Å². The third kappa shape index (κ3) is 4.08. The second-order valence-corrected chi connectivity index (χ2v) is 10.9. The average molecular weight is 432 g/mol. The van der Waals surface area contributed by atoms with Gasteiger partial charge in [-0.05, 0) is 43.2 Å². The zero-order valence-corrected chi connectivity index (χ0v) is 17.6. The second-order valence-electron chi connectivity index (χ2n) is 6.65. The fourth-order valence-electron chi connectivity index (χ4n) is 3.28. The number of benzene rings is 1. The molecule has 1 aliphatic heterocycles. The van der Waals surface area contributed by atoms with E-state index in [1.54, 1.807) is 0 Å². The third-order valence-corrected chi connectivity index (χ3v) is 8.23. The van der Waals surface area contributed by atoms with Crippen LogP contribution in [0.25, 0.3) is 0 Å². The van der Waals surface area contributed by atoms with Crippen LogP contribution in [0, 0.1) is 0 Å². The first-order valence-electron chi connectivity index (χ1n) is 8.74. The molecule has 148 valence electrons. The summed E-state index contributed by atoms with van der Waals surface area (Å²) < 4.78 is 57.6. The first-order chi connectivity index (χ1) is 12.6. The smallest absolute Gasteiger partial charge is 0.245 e. The maximum atomic E-state index is 13.4. The Morgan fingerprint density at radius 1 is 1.15 bits per heavy atom. The van der Waals surface area contributed by atoms with Crippen LogP contribution in [0.15, 0.2) is 44.5 Å². The van der Waals surface area contributed by atoms with Gasteiger partial charge in [0, 0.05) is 19.2 Å². The Bertz CT molecular complexity index is 1040. The van der Waals surface area contributed by atoms with Gasteiger partial charge in [0.05, 0.1) is 16.0 Å². The minimum absolute atomic E-state index is 0.000385. The number of furan rings is 1. The van der Waals surface area contributed by atoms with Crippen molar-refractivity contribution in [1.82, 2.24) is 4.31 Å². The summed E-state index contributed by atoms with van der Waals surface area (Å²) in [6, 6.07) is 6.99. The number of nitrogens with zero attached hydrogens (tertiary/aromatic N) is 1. The van der Waals surface area contributed by atoms with Gasteiger partial charge < -0.3 is 4.42 Å². The van der Waals surface area contributed by atoms with Crippen LogP contribution < -0.4 is 0 Å². The molecule has 1 aliphatic rings. The predicted octanol–water partition coefficient (Wildman–Crippen LogP) is 3.81. The second kappa shape index (κ2) is 7.58. The summed E-state index contributed by atoms with van der Waals surface area (Å²) in [4.78, 5) is -0.272. The summed E-state index contributed by atoms with van der Waals surface area (Å²) >= 11 is 6.15. The van der Waals surface area contributed by atoms with Crippen LogP contribution in [0.4, 0.5) is 0 Å². The lowest BCUT2D eigenvalue weighted by Crippen LogP contribution is -2.38. The van der Waals surface area contributed by atoms with Gasteiger partial charge in [0.25, 0.3) is 0 Å². The van der Waals surface area contributed by atoms with E-state index in [2.05, 4.69) is 0 Å². The zero-order chi connectivity index (χ0) is 19.8. The highest BCUT2D eigenvalue weighted by atomic mass is 35.5.